The standard InChI is InChI=1S/C17H10Cl2FNO3S/c18-11-2-1-3-13(20)10(11)8-21-16(23)15(25-17(21)24)7-9-4-5-14(22)12(19)6-9/h1-7,22H,8H2/b15-7-. The zero-order valence-electron chi connectivity index (χ0n) is 12.5. The number of hydrogen-bond donors (Lipinski definition) is 1. The minimum Gasteiger partial charge on any atom is -0.506 e. The second kappa shape index (κ2) is 7.07. The van der Waals surface area contributed by atoms with Gasteiger partial charge < -0.3 is 5.11 Å². The summed E-state index contributed by atoms with van der Waals surface area (Å²) in [4.78, 5) is 25.7. The average molecular weight is 398 g/mol. The molecule has 0 atom stereocenters. The number of phenols is 1. The Balaban J connectivity index is 1.87. The second-order valence-electron chi connectivity index (χ2n) is 5.18. The number of imide groups is 1. The summed E-state index contributed by atoms with van der Waals surface area (Å²) in [5, 5.41) is 9.19. The Morgan fingerprint density at radius 2 is 1.92 bits per heavy atom. The zero-order chi connectivity index (χ0) is 18.1. The molecule has 2 amide bonds. The molecule has 1 aliphatic heterocycles. The van der Waals surface area contributed by atoms with Crippen LogP contribution in [-0.4, -0.2) is 21.2 Å². The fourth-order valence-electron chi connectivity index (χ4n) is 2.24. The number of aromatic hydroxyl groups is 1. The van der Waals surface area contributed by atoms with E-state index in [0.717, 1.165) is 16.7 Å². The molecule has 1 aliphatic rings. The molecule has 0 saturated carbocycles. The first-order chi connectivity index (χ1) is 11.9. The second-order valence-corrected chi connectivity index (χ2v) is 6.99. The van der Waals surface area contributed by atoms with E-state index in [0.29, 0.717) is 5.56 Å². The Hall–Kier alpha value is -2.02. The van der Waals surface area contributed by atoms with Crippen LogP contribution in [0.4, 0.5) is 9.18 Å². The topological polar surface area (TPSA) is 57.6 Å². The van der Waals surface area contributed by atoms with Crippen LogP contribution in [0.3, 0.4) is 0 Å². The Kier molecular flexibility index (Phi) is 5.03. The highest BCUT2D eigenvalue weighted by Gasteiger charge is 2.35. The third kappa shape index (κ3) is 3.66. The number of hydrogen-bond acceptors (Lipinski definition) is 4. The van der Waals surface area contributed by atoms with E-state index in [1.807, 2.05) is 0 Å². The van der Waals surface area contributed by atoms with Crippen molar-refractivity contribution in [3.05, 3.63) is 68.3 Å². The van der Waals surface area contributed by atoms with E-state index in [4.69, 9.17) is 23.2 Å². The fourth-order valence-corrected chi connectivity index (χ4v) is 3.49. The van der Waals surface area contributed by atoms with Gasteiger partial charge in [-0.3, -0.25) is 14.5 Å². The van der Waals surface area contributed by atoms with Crippen LogP contribution >= 0.6 is 35.0 Å². The molecule has 2 aromatic rings. The molecule has 0 bridgehead atoms. The van der Waals surface area contributed by atoms with Crippen LogP contribution in [0.5, 0.6) is 5.75 Å². The average Bonchev–Trinajstić information content (AvgIpc) is 2.81. The molecule has 1 saturated heterocycles. The first kappa shape index (κ1) is 17.8. The van der Waals surface area contributed by atoms with Crippen LogP contribution in [0, 0.1) is 5.82 Å². The molecule has 128 valence electrons. The van der Waals surface area contributed by atoms with Crippen molar-refractivity contribution in [2.45, 2.75) is 6.54 Å². The first-order valence-electron chi connectivity index (χ1n) is 7.03. The largest absolute Gasteiger partial charge is 0.506 e. The van der Waals surface area contributed by atoms with E-state index in [1.165, 1.54) is 36.4 Å². The number of benzene rings is 2. The summed E-state index contributed by atoms with van der Waals surface area (Å²) in [6.07, 6.45) is 1.49. The lowest BCUT2D eigenvalue weighted by Gasteiger charge is -2.14. The van der Waals surface area contributed by atoms with E-state index in [2.05, 4.69) is 0 Å². The lowest BCUT2D eigenvalue weighted by molar-refractivity contribution is -0.123. The number of halogens is 3. The van der Waals surface area contributed by atoms with Gasteiger partial charge in [-0.1, -0.05) is 35.3 Å². The van der Waals surface area contributed by atoms with Gasteiger partial charge in [-0.05, 0) is 47.7 Å². The van der Waals surface area contributed by atoms with Crippen LogP contribution in [0.2, 0.25) is 10.0 Å². The number of thioether (sulfide) groups is 1. The maximum atomic E-state index is 13.9. The maximum absolute atomic E-state index is 13.9. The SMILES string of the molecule is O=C1S/C(=C\c2ccc(O)c(Cl)c2)C(=O)N1Cc1c(F)cccc1Cl. The van der Waals surface area contributed by atoms with Gasteiger partial charge in [-0.15, -0.1) is 0 Å². The molecule has 8 heteroatoms. The summed E-state index contributed by atoms with van der Waals surface area (Å²) in [6, 6.07) is 8.57. The van der Waals surface area contributed by atoms with Gasteiger partial charge in [0.2, 0.25) is 0 Å². The van der Waals surface area contributed by atoms with E-state index in [1.54, 1.807) is 6.07 Å². The summed E-state index contributed by atoms with van der Waals surface area (Å²) >= 11 is 12.5. The molecule has 0 spiro atoms. The van der Waals surface area contributed by atoms with Gasteiger partial charge in [0.15, 0.2) is 0 Å². The summed E-state index contributed by atoms with van der Waals surface area (Å²) in [6.45, 7) is -0.246. The van der Waals surface area contributed by atoms with Crippen molar-refractivity contribution in [1.82, 2.24) is 4.90 Å². The van der Waals surface area contributed by atoms with Crippen LogP contribution in [-0.2, 0) is 11.3 Å². The molecule has 0 unspecified atom stereocenters. The predicted octanol–water partition coefficient (Wildman–Crippen LogP) is 5.07. The highest BCUT2D eigenvalue weighted by Crippen LogP contribution is 2.35. The predicted molar refractivity (Wildman–Crippen MR) is 96.0 cm³/mol. The molecule has 3 rings (SSSR count). The van der Waals surface area contributed by atoms with Gasteiger partial charge in [0, 0.05) is 10.6 Å². The fraction of sp³-hybridized carbons (Fsp3) is 0.0588. The van der Waals surface area contributed by atoms with Crippen molar-refractivity contribution < 1.29 is 19.1 Å². The van der Waals surface area contributed by atoms with Gasteiger partial charge in [0.25, 0.3) is 11.1 Å². The molecular weight excluding hydrogens is 388 g/mol. The number of nitrogens with zero attached hydrogens (tertiary/aromatic N) is 1. The third-order valence-electron chi connectivity index (χ3n) is 3.52. The lowest BCUT2D eigenvalue weighted by atomic mass is 10.2. The van der Waals surface area contributed by atoms with E-state index < -0.39 is 17.0 Å². The van der Waals surface area contributed by atoms with E-state index >= 15 is 0 Å². The highest BCUT2D eigenvalue weighted by atomic mass is 35.5. The number of rotatable bonds is 3. The van der Waals surface area contributed by atoms with Gasteiger partial charge >= 0.3 is 0 Å². The van der Waals surface area contributed by atoms with Gasteiger partial charge in [-0.2, -0.15) is 0 Å². The van der Waals surface area contributed by atoms with Crippen molar-refractivity contribution in [2.75, 3.05) is 0 Å². The summed E-state index contributed by atoms with van der Waals surface area (Å²) in [5.41, 5.74) is 0.637. The molecule has 0 aromatic heterocycles. The van der Waals surface area contributed by atoms with E-state index in [-0.39, 0.29) is 32.8 Å². The van der Waals surface area contributed by atoms with Gasteiger partial charge in [-0.25, -0.2) is 4.39 Å². The van der Waals surface area contributed by atoms with E-state index in [9.17, 15) is 19.1 Å². The lowest BCUT2D eigenvalue weighted by Crippen LogP contribution is -2.28. The van der Waals surface area contributed by atoms with Gasteiger partial charge in [0.05, 0.1) is 16.5 Å². The number of phenolic OH excluding ortho intramolecular Hbond substituents is 1. The molecule has 0 radical (unpaired) electrons. The number of carbonyl (C=O) groups is 2. The molecule has 25 heavy (non-hydrogen) atoms. The minimum atomic E-state index is -0.583. The molecule has 1 N–H and O–H groups in total. The van der Waals surface area contributed by atoms with Crippen LogP contribution in [0.25, 0.3) is 6.08 Å². The van der Waals surface area contributed by atoms with Gasteiger partial charge in [0.1, 0.15) is 11.6 Å². The van der Waals surface area contributed by atoms with Crippen molar-refractivity contribution in [1.29, 1.82) is 0 Å². The number of carbonyl (C=O) groups excluding carboxylic acids is 2. The molecule has 1 fully saturated rings. The third-order valence-corrected chi connectivity index (χ3v) is 5.09. The molecule has 0 aliphatic carbocycles. The normalized spacial score (nSPS) is 16.1. The first-order valence-corrected chi connectivity index (χ1v) is 8.61. The molecule has 4 nitrogen and oxygen atoms in total. The smallest absolute Gasteiger partial charge is 0.293 e. The molecule has 1 heterocycles. The maximum Gasteiger partial charge on any atom is 0.293 e. The summed E-state index contributed by atoms with van der Waals surface area (Å²) in [7, 11) is 0. The van der Waals surface area contributed by atoms with Crippen LogP contribution in [0.15, 0.2) is 41.3 Å². The number of amides is 2. The molecule has 2 aromatic carbocycles. The Morgan fingerprint density at radius 1 is 1.16 bits per heavy atom. The monoisotopic (exact) mass is 397 g/mol. The zero-order valence-corrected chi connectivity index (χ0v) is 14.8. The van der Waals surface area contributed by atoms with Crippen LogP contribution in [0.1, 0.15) is 11.1 Å². The Labute approximate surface area is 156 Å². The Bertz CT molecular complexity index is 897. The highest BCUT2D eigenvalue weighted by molar-refractivity contribution is 8.18. The van der Waals surface area contributed by atoms with Crippen molar-refractivity contribution in [3.8, 4) is 5.75 Å². The van der Waals surface area contributed by atoms with Crippen molar-refractivity contribution >= 4 is 52.2 Å². The quantitative estimate of drug-likeness (QED) is 0.734. The Morgan fingerprint density at radius 3 is 2.60 bits per heavy atom. The summed E-state index contributed by atoms with van der Waals surface area (Å²) in [5.74, 6) is -1.21. The van der Waals surface area contributed by atoms with Crippen molar-refractivity contribution in [3.63, 3.8) is 0 Å². The van der Waals surface area contributed by atoms with Crippen LogP contribution < -0.4 is 0 Å². The summed E-state index contributed by atoms with van der Waals surface area (Å²) < 4.78 is 13.9. The minimum absolute atomic E-state index is 0.0823. The molecular formula is C17H10Cl2FNO3S. The van der Waals surface area contributed by atoms with Crippen molar-refractivity contribution in [2.24, 2.45) is 0 Å².